The molecular formula is C46H48Br3N7O4. The number of piperidine rings is 1. The number of para-hydroxylation sites is 3. The van der Waals surface area contributed by atoms with Crippen molar-refractivity contribution in [1.29, 1.82) is 0 Å². The quantitative estimate of drug-likeness (QED) is 0.152. The summed E-state index contributed by atoms with van der Waals surface area (Å²) in [5.74, 6) is 4.91. The van der Waals surface area contributed by atoms with Gasteiger partial charge in [-0.3, -0.25) is 9.79 Å². The van der Waals surface area contributed by atoms with Crippen LogP contribution in [0.4, 0.5) is 5.69 Å². The predicted octanol–water partition coefficient (Wildman–Crippen LogP) is 11.5. The molecule has 3 aromatic heterocycles. The number of rotatable bonds is 7. The van der Waals surface area contributed by atoms with Crippen LogP contribution in [0.15, 0.2) is 116 Å². The Kier molecular flexibility index (Phi) is 14.9. The third-order valence-corrected chi connectivity index (χ3v) is 12.3. The first-order chi connectivity index (χ1) is 29.3. The molecule has 3 aliphatic heterocycles. The number of halogens is 3. The molecule has 6 aromatic rings. The second-order valence-corrected chi connectivity index (χ2v) is 17.0. The van der Waals surface area contributed by atoms with Crippen LogP contribution in [0, 0.1) is 0 Å². The minimum atomic E-state index is 0.113. The number of hydrogen-bond donors (Lipinski definition) is 2. The van der Waals surface area contributed by atoms with Crippen LogP contribution < -0.4 is 24.8 Å². The number of aliphatic imine (C=N–C) groups is 1. The number of nitrogens with one attached hydrogen (secondary N) is 2. The highest BCUT2D eigenvalue weighted by Gasteiger charge is 2.28. The molecule has 9 rings (SSSR count). The number of aromatic nitrogens is 4. The third kappa shape index (κ3) is 10.4. The maximum atomic E-state index is 11.3. The smallest absolute Gasteiger partial charge is 0.220 e. The van der Waals surface area contributed by atoms with E-state index in [2.05, 4.69) is 91.2 Å². The topological polar surface area (TPSA) is 125 Å². The van der Waals surface area contributed by atoms with Crippen LogP contribution in [0.3, 0.4) is 0 Å². The van der Waals surface area contributed by atoms with Crippen LogP contribution in [-0.2, 0) is 11.2 Å². The first kappa shape index (κ1) is 43.3. The number of nitrogens with zero attached hydrogens (tertiary/aromatic N) is 5. The molecule has 0 aliphatic carbocycles. The lowest BCUT2D eigenvalue weighted by Crippen LogP contribution is -2.32. The number of benzene rings is 3. The maximum absolute atomic E-state index is 11.3. The molecule has 3 aliphatic rings. The van der Waals surface area contributed by atoms with E-state index < -0.39 is 0 Å². The van der Waals surface area contributed by atoms with Crippen LogP contribution in [-0.4, -0.2) is 52.6 Å². The molecule has 6 heterocycles. The molecule has 0 radical (unpaired) electrons. The number of amides is 1. The van der Waals surface area contributed by atoms with Crippen molar-refractivity contribution in [1.82, 2.24) is 24.8 Å². The van der Waals surface area contributed by atoms with Crippen molar-refractivity contribution in [2.45, 2.75) is 75.9 Å². The Morgan fingerprint density at radius 1 is 0.650 bits per heavy atom. The summed E-state index contributed by atoms with van der Waals surface area (Å²) in [5, 5.41) is 6.38. The van der Waals surface area contributed by atoms with Gasteiger partial charge in [0.05, 0.1) is 45.1 Å². The molecule has 11 nitrogen and oxygen atoms in total. The summed E-state index contributed by atoms with van der Waals surface area (Å²) in [7, 11) is 5.09. The Hall–Kier alpha value is -4.79. The van der Waals surface area contributed by atoms with E-state index in [1.54, 1.807) is 21.3 Å². The van der Waals surface area contributed by atoms with Crippen molar-refractivity contribution >= 4 is 76.4 Å². The van der Waals surface area contributed by atoms with Gasteiger partial charge in [-0.15, -0.1) is 0 Å². The molecule has 1 fully saturated rings. The van der Waals surface area contributed by atoms with Gasteiger partial charge >= 0.3 is 0 Å². The van der Waals surface area contributed by atoms with Gasteiger partial charge in [0, 0.05) is 36.0 Å². The maximum Gasteiger partial charge on any atom is 0.220 e. The second kappa shape index (κ2) is 20.7. The van der Waals surface area contributed by atoms with E-state index in [9.17, 15) is 4.79 Å². The normalized spacial score (nSPS) is 18.3. The molecule has 3 unspecified atom stereocenters. The number of amidine groups is 1. The Morgan fingerprint density at radius 2 is 1.25 bits per heavy atom. The minimum absolute atomic E-state index is 0.113. The van der Waals surface area contributed by atoms with Crippen molar-refractivity contribution < 1.29 is 19.0 Å². The zero-order valence-corrected chi connectivity index (χ0v) is 38.6. The predicted molar refractivity (Wildman–Crippen MR) is 247 cm³/mol. The van der Waals surface area contributed by atoms with E-state index in [0.717, 1.165) is 122 Å². The van der Waals surface area contributed by atoms with Gasteiger partial charge in [-0.1, -0.05) is 54.6 Å². The van der Waals surface area contributed by atoms with E-state index in [1.165, 1.54) is 5.56 Å². The molecule has 1 amide bonds. The Balaban J connectivity index is 0.000000139. The lowest BCUT2D eigenvalue weighted by atomic mass is 9.96. The van der Waals surface area contributed by atoms with Gasteiger partial charge in [-0.05, 0) is 129 Å². The van der Waals surface area contributed by atoms with Gasteiger partial charge in [-0.2, -0.15) is 0 Å². The van der Waals surface area contributed by atoms with E-state index in [4.69, 9.17) is 24.2 Å². The van der Waals surface area contributed by atoms with Crippen molar-refractivity contribution in [3.8, 4) is 17.2 Å². The van der Waals surface area contributed by atoms with E-state index >= 15 is 0 Å². The van der Waals surface area contributed by atoms with E-state index in [0.29, 0.717) is 6.42 Å². The average molecular weight is 1000 g/mol. The molecule has 0 bridgehead atoms. The van der Waals surface area contributed by atoms with Gasteiger partial charge in [0.25, 0.3) is 0 Å². The number of anilines is 1. The zero-order chi connectivity index (χ0) is 42.0. The molecule has 60 heavy (non-hydrogen) atoms. The molecular weight excluding hydrogens is 954 g/mol. The van der Waals surface area contributed by atoms with E-state index in [-0.39, 0.29) is 24.0 Å². The molecule has 1 saturated heterocycles. The molecule has 14 heteroatoms. The summed E-state index contributed by atoms with van der Waals surface area (Å²) < 4.78 is 21.0. The highest BCUT2D eigenvalue weighted by Crippen LogP contribution is 2.38. The SMILES string of the molecule is COc1ccccc1C1CCCC(=O)N1.COc1ccccc1C1CCCC(Nc2ccc(Br)nc2Br)=N1.COc1ccccc1C1CCCc2nc3ccc(Br)nc3n21. The van der Waals surface area contributed by atoms with Gasteiger partial charge < -0.3 is 29.4 Å². The minimum Gasteiger partial charge on any atom is -0.496 e. The number of imidazole rings is 1. The molecule has 3 aromatic carbocycles. The first-order valence-corrected chi connectivity index (χ1v) is 22.5. The van der Waals surface area contributed by atoms with Crippen LogP contribution in [0.1, 0.15) is 92.0 Å². The lowest BCUT2D eigenvalue weighted by molar-refractivity contribution is -0.123. The number of fused-ring (bicyclic) bond motifs is 3. The number of aryl methyl sites for hydroxylation is 1. The summed E-state index contributed by atoms with van der Waals surface area (Å²) in [6.45, 7) is 0. The summed E-state index contributed by atoms with van der Waals surface area (Å²) in [4.78, 5) is 29.9. The van der Waals surface area contributed by atoms with Crippen LogP contribution in [0.25, 0.3) is 11.2 Å². The number of carbonyl (C=O) groups excluding carboxylic acids is 1. The lowest BCUT2D eigenvalue weighted by Gasteiger charge is -2.27. The van der Waals surface area contributed by atoms with Crippen LogP contribution in [0.2, 0.25) is 0 Å². The Labute approximate surface area is 376 Å². The van der Waals surface area contributed by atoms with Crippen molar-refractivity contribution in [3.63, 3.8) is 0 Å². The summed E-state index contributed by atoms with van der Waals surface area (Å²) in [5.41, 5.74) is 6.25. The number of methoxy groups -OCH3 is 3. The largest absolute Gasteiger partial charge is 0.496 e. The van der Waals surface area contributed by atoms with Crippen molar-refractivity contribution in [3.05, 3.63) is 133 Å². The summed E-state index contributed by atoms with van der Waals surface area (Å²) >= 11 is 10.3. The van der Waals surface area contributed by atoms with Gasteiger partial charge in [0.1, 0.15) is 48.2 Å². The van der Waals surface area contributed by atoms with E-state index in [1.807, 2.05) is 78.9 Å². The fourth-order valence-electron chi connectivity index (χ4n) is 8.02. The number of pyridine rings is 2. The van der Waals surface area contributed by atoms with Crippen molar-refractivity contribution in [2.75, 3.05) is 26.6 Å². The first-order valence-electron chi connectivity index (χ1n) is 20.1. The highest BCUT2D eigenvalue weighted by molar-refractivity contribution is 9.11. The average Bonchev–Trinajstić information content (AvgIpc) is 3.66. The van der Waals surface area contributed by atoms with Crippen LogP contribution in [0.5, 0.6) is 17.2 Å². The standard InChI is InChI=1S/C17H17Br2N3O.C17H16BrN3O.C12H15NO2/c1-23-14-7-3-2-5-11(14)12-6-4-8-16(20-12)21-13-9-10-15(18)22-17(13)19;1-22-14-7-3-2-5-11(14)13-6-4-8-16-19-12-9-10-15(18)20-17(12)21(13)16;1-15-11-7-3-2-5-9(11)10-6-4-8-12(14)13-10/h2-3,5,7,9-10,12H,4,6,8H2,1H3,(H,20,21);2-3,5,7,9-10,13H,4,6,8H2,1H3;2-3,5,7,10H,4,6,8H2,1H3,(H,13,14). The van der Waals surface area contributed by atoms with Crippen molar-refractivity contribution in [2.24, 2.45) is 4.99 Å². The molecule has 0 spiro atoms. The number of carbonyl (C=O) groups is 1. The highest BCUT2D eigenvalue weighted by atomic mass is 79.9. The second-order valence-electron chi connectivity index (χ2n) is 14.6. The third-order valence-electron chi connectivity index (χ3n) is 10.8. The number of hydrogen-bond acceptors (Lipinski definition) is 9. The number of ether oxygens (including phenoxy) is 3. The Bertz CT molecular complexity index is 2460. The van der Waals surface area contributed by atoms with Crippen LogP contribution >= 0.6 is 47.8 Å². The van der Waals surface area contributed by atoms with Gasteiger partial charge in [-0.25, -0.2) is 15.0 Å². The molecule has 0 saturated carbocycles. The fourth-order valence-corrected chi connectivity index (χ4v) is 9.29. The zero-order valence-electron chi connectivity index (χ0n) is 33.8. The molecule has 312 valence electrons. The monoisotopic (exact) mass is 999 g/mol. The fraction of sp³-hybridized carbons (Fsp3) is 0.326. The summed E-state index contributed by atoms with van der Waals surface area (Å²) in [6.07, 6.45) is 8.86. The molecule has 3 atom stereocenters. The summed E-state index contributed by atoms with van der Waals surface area (Å²) in [6, 6.07) is 32.5. The Morgan fingerprint density at radius 3 is 1.95 bits per heavy atom. The molecule has 2 N–H and O–H groups in total. The van der Waals surface area contributed by atoms with Gasteiger partial charge in [0.2, 0.25) is 5.91 Å². The van der Waals surface area contributed by atoms with Gasteiger partial charge in [0.15, 0.2) is 5.65 Å².